The van der Waals surface area contributed by atoms with E-state index >= 15 is 0 Å². The van der Waals surface area contributed by atoms with Crippen molar-refractivity contribution >= 4 is 11.7 Å². The smallest absolute Gasteiger partial charge is 0.329 e. The molecule has 1 aromatic carbocycles. The molecule has 0 amide bonds. The highest BCUT2D eigenvalue weighted by molar-refractivity contribution is 5.67. The molecule has 36 heavy (non-hydrogen) atoms. The van der Waals surface area contributed by atoms with Crippen LogP contribution in [0.25, 0.3) is 0 Å². The average molecular weight is 520 g/mol. The Morgan fingerprint density at radius 3 is 1.25 bits per heavy atom. The fraction of sp³-hybridized carbons (Fsp3) is 0.708. The van der Waals surface area contributed by atoms with Crippen LogP contribution in [-0.2, 0) is 42.7 Å². The van der Waals surface area contributed by atoms with Crippen LogP contribution in [0.15, 0.2) is 24.3 Å². The summed E-state index contributed by atoms with van der Waals surface area (Å²) >= 11 is 0. The highest BCUT2D eigenvalue weighted by Crippen LogP contribution is 2.19. The number of nitrogen functional groups attached to an aromatic ring is 1. The number of carboxylic acids is 1. The molecule has 0 unspecified atom stereocenters. The molecule has 0 aliphatic carbocycles. The van der Waals surface area contributed by atoms with Gasteiger partial charge in [-0.05, 0) is 12.1 Å². The minimum atomic E-state index is -0.995. The molecule has 0 fully saturated rings. The van der Waals surface area contributed by atoms with Crippen LogP contribution < -0.4 is 10.5 Å². The molecule has 1 rings (SSSR count). The highest BCUT2D eigenvalue weighted by Gasteiger charge is 1.99. The van der Waals surface area contributed by atoms with Gasteiger partial charge in [-0.1, -0.05) is 12.1 Å². The van der Waals surface area contributed by atoms with Gasteiger partial charge in [0.05, 0.1) is 105 Å². The number of carboxylic acid groups (broad SMARTS) is 1. The Bertz CT molecular complexity index is 636. The van der Waals surface area contributed by atoms with Crippen molar-refractivity contribution in [2.24, 2.45) is 0 Å². The molecule has 0 aliphatic rings. The molecule has 0 saturated carbocycles. The van der Waals surface area contributed by atoms with Crippen molar-refractivity contribution in [2.75, 3.05) is 118 Å². The Balaban J connectivity index is 1.66. The number of hydrogen-bond acceptors (Lipinski definition) is 11. The van der Waals surface area contributed by atoms with Crippen molar-refractivity contribution in [3.63, 3.8) is 0 Å². The summed E-state index contributed by atoms with van der Waals surface area (Å²) in [6.45, 7) is 6.85. The number of anilines is 1. The number of hydrogen-bond donors (Lipinski definition) is 2. The maximum atomic E-state index is 10.2. The monoisotopic (exact) mass is 519 g/mol. The predicted octanol–water partition coefficient (Wildman–Crippen LogP) is 0.865. The summed E-state index contributed by atoms with van der Waals surface area (Å²) in [7, 11) is 0. The van der Waals surface area contributed by atoms with Gasteiger partial charge >= 0.3 is 5.97 Å². The van der Waals surface area contributed by atoms with Crippen molar-refractivity contribution in [3.05, 3.63) is 24.3 Å². The third-order valence-electron chi connectivity index (χ3n) is 4.23. The lowest BCUT2D eigenvalue weighted by atomic mass is 10.3. The van der Waals surface area contributed by atoms with Crippen LogP contribution in [0.5, 0.6) is 5.75 Å². The van der Waals surface area contributed by atoms with E-state index in [-0.39, 0.29) is 13.2 Å². The zero-order chi connectivity index (χ0) is 25.9. The first-order valence-electron chi connectivity index (χ1n) is 12.0. The van der Waals surface area contributed by atoms with E-state index in [4.69, 9.17) is 53.5 Å². The van der Waals surface area contributed by atoms with E-state index < -0.39 is 5.97 Å². The Morgan fingerprint density at radius 1 is 0.556 bits per heavy atom. The molecule has 208 valence electrons. The van der Waals surface area contributed by atoms with Crippen molar-refractivity contribution in [1.82, 2.24) is 0 Å². The standard InChI is InChI=1S/C24H41NO11/c25-22-3-1-2-4-23(22)36-20-19-34-16-15-32-12-11-30-8-7-28-5-6-29-9-10-31-13-14-33-17-18-35-21-24(26)27/h1-4H,5-21,25H2,(H,26,27). The Kier molecular flexibility index (Phi) is 21.9. The van der Waals surface area contributed by atoms with Crippen LogP contribution in [-0.4, -0.2) is 123 Å². The number of rotatable bonds is 27. The van der Waals surface area contributed by atoms with Crippen molar-refractivity contribution in [3.8, 4) is 5.75 Å². The summed E-state index contributed by atoms with van der Waals surface area (Å²) < 4.78 is 48.1. The molecule has 0 heterocycles. The largest absolute Gasteiger partial charge is 0.489 e. The second-order valence-corrected chi connectivity index (χ2v) is 7.12. The molecule has 0 bridgehead atoms. The lowest BCUT2D eigenvalue weighted by Crippen LogP contribution is -2.15. The van der Waals surface area contributed by atoms with Gasteiger partial charge in [0.15, 0.2) is 0 Å². The molecule has 3 N–H and O–H groups in total. The van der Waals surface area contributed by atoms with Gasteiger partial charge in [0.2, 0.25) is 0 Å². The lowest BCUT2D eigenvalue weighted by molar-refractivity contribution is -0.142. The topological polar surface area (TPSA) is 146 Å². The van der Waals surface area contributed by atoms with E-state index in [2.05, 4.69) is 0 Å². The first kappa shape index (κ1) is 32.0. The van der Waals surface area contributed by atoms with Gasteiger partial charge in [0.25, 0.3) is 0 Å². The van der Waals surface area contributed by atoms with Crippen LogP contribution in [0, 0.1) is 0 Å². The van der Waals surface area contributed by atoms with Gasteiger partial charge < -0.3 is 53.5 Å². The molecular formula is C24H41NO11. The molecule has 0 radical (unpaired) electrons. The van der Waals surface area contributed by atoms with Crippen LogP contribution in [0.1, 0.15) is 0 Å². The van der Waals surface area contributed by atoms with Gasteiger partial charge in [-0.15, -0.1) is 0 Å². The van der Waals surface area contributed by atoms with E-state index in [0.29, 0.717) is 111 Å². The minimum absolute atomic E-state index is 0.243. The van der Waals surface area contributed by atoms with Crippen LogP contribution in [0.2, 0.25) is 0 Å². The summed E-state index contributed by atoms with van der Waals surface area (Å²) in [6, 6.07) is 7.35. The lowest BCUT2D eigenvalue weighted by Gasteiger charge is -2.09. The van der Waals surface area contributed by atoms with Crippen LogP contribution in [0.4, 0.5) is 5.69 Å². The number of benzene rings is 1. The maximum absolute atomic E-state index is 10.2. The van der Waals surface area contributed by atoms with Crippen molar-refractivity contribution < 1.29 is 52.5 Å². The third-order valence-corrected chi connectivity index (χ3v) is 4.23. The van der Waals surface area contributed by atoms with E-state index in [0.717, 1.165) is 0 Å². The minimum Gasteiger partial charge on any atom is -0.489 e. The van der Waals surface area contributed by atoms with Gasteiger partial charge in [0.1, 0.15) is 19.0 Å². The molecular weight excluding hydrogens is 478 g/mol. The summed E-state index contributed by atoms with van der Waals surface area (Å²) in [5, 5.41) is 8.40. The third kappa shape index (κ3) is 21.3. The summed E-state index contributed by atoms with van der Waals surface area (Å²) in [5.41, 5.74) is 6.41. The van der Waals surface area contributed by atoms with E-state index in [9.17, 15) is 4.79 Å². The maximum Gasteiger partial charge on any atom is 0.329 e. The fourth-order valence-electron chi connectivity index (χ4n) is 2.52. The number of aliphatic carboxylic acids is 1. The second kappa shape index (κ2) is 24.7. The van der Waals surface area contributed by atoms with Gasteiger partial charge in [-0.3, -0.25) is 0 Å². The fourth-order valence-corrected chi connectivity index (χ4v) is 2.52. The van der Waals surface area contributed by atoms with Crippen molar-refractivity contribution in [1.29, 1.82) is 0 Å². The Hall–Kier alpha value is -2.03. The first-order valence-corrected chi connectivity index (χ1v) is 12.0. The molecule has 0 saturated heterocycles. The normalized spacial score (nSPS) is 11.1. The van der Waals surface area contributed by atoms with Gasteiger partial charge in [-0.25, -0.2) is 4.79 Å². The Labute approximate surface area is 212 Å². The summed E-state index contributed by atoms with van der Waals surface area (Å²) in [6.07, 6.45) is 0. The van der Waals surface area contributed by atoms with Crippen molar-refractivity contribution in [2.45, 2.75) is 0 Å². The summed E-state index contributed by atoms with van der Waals surface area (Å²) in [5.74, 6) is -0.332. The molecule has 1 aromatic rings. The molecule has 12 nitrogen and oxygen atoms in total. The SMILES string of the molecule is Nc1ccccc1OCCOCCOCCOCCOCCOCCOCCOCCOCC(=O)O. The van der Waals surface area contributed by atoms with Gasteiger partial charge in [0, 0.05) is 0 Å². The van der Waals surface area contributed by atoms with Gasteiger partial charge in [-0.2, -0.15) is 0 Å². The summed E-state index contributed by atoms with van der Waals surface area (Å²) in [4.78, 5) is 10.2. The molecule has 12 heteroatoms. The zero-order valence-corrected chi connectivity index (χ0v) is 20.9. The van der Waals surface area contributed by atoms with Crippen LogP contribution in [0.3, 0.4) is 0 Å². The quantitative estimate of drug-likeness (QED) is 0.126. The Morgan fingerprint density at radius 2 is 0.889 bits per heavy atom. The molecule has 0 aromatic heterocycles. The zero-order valence-electron chi connectivity index (χ0n) is 20.9. The number of para-hydroxylation sites is 2. The number of carbonyl (C=O) groups is 1. The number of ether oxygens (including phenoxy) is 9. The molecule has 0 spiro atoms. The molecule has 0 aliphatic heterocycles. The molecule has 0 atom stereocenters. The number of nitrogens with two attached hydrogens (primary N) is 1. The highest BCUT2D eigenvalue weighted by atomic mass is 16.6. The average Bonchev–Trinajstić information content (AvgIpc) is 2.87. The second-order valence-electron chi connectivity index (χ2n) is 7.12. The van der Waals surface area contributed by atoms with E-state index in [1.165, 1.54) is 0 Å². The van der Waals surface area contributed by atoms with E-state index in [1.54, 1.807) is 6.07 Å². The first-order chi connectivity index (χ1) is 17.7. The van der Waals surface area contributed by atoms with Crippen LogP contribution >= 0.6 is 0 Å². The predicted molar refractivity (Wildman–Crippen MR) is 131 cm³/mol. The van der Waals surface area contributed by atoms with E-state index in [1.807, 2.05) is 18.2 Å².